The molecule has 0 radical (unpaired) electrons. The van der Waals surface area contributed by atoms with Gasteiger partial charge in [-0.3, -0.25) is 4.98 Å². The average Bonchev–Trinajstić information content (AvgIpc) is 3.54. The van der Waals surface area contributed by atoms with E-state index in [1.54, 1.807) is 19.2 Å². The van der Waals surface area contributed by atoms with Crippen molar-refractivity contribution in [1.29, 1.82) is 5.26 Å². The first kappa shape index (κ1) is 34.1. The Morgan fingerprint density at radius 3 is 2.38 bits per heavy atom. The summed E-state index contributed by atoms with van der Waals surface area (Å²) in [6.07, 6.45) is 6.22. The molecule has 1 aliphatic carbocycles. The van der Waals surface area contributed by atoms with Gasteiger partial charge in [0.05, 0.1) is 15.9 Å². The second-order valence-corrected chi connectivity index (χ2v) is 14.6. The smallest absolute Gasteiger partial charge is 0.407 e. The van der Waals surface area contributed by atoms with Gasteiger partial charge < -0.3 is 19.9 Å². The molecule has 1 saturated heterocycles. The molecule has 1 saturated carbocycles. The molecule has 1 amide bonds. The lowest BCUT2D eigenvalue weighted by molar-refractivity contribution is 0.0634. The molecule has 2 aliphatic rings. The fourth-order valence-electron chi connectivity index (χ4n) is 7.22. The van der Waals surface area contributed by atoms with Crippen LogP contribution in [0.5, 0.6) is 0 Å². The van der Waals surface area contributed by atoms with Crippen LogP contribution in [0.2, 0.25) is 0 Å². The van der Waals surface area contributed by atoms with Crippen LogP contribution in [0, 0.1) is 23.2 Å². The largest absolute Gasteiger partial charge is 0.446 e. The number of hydrogen-bond donors (Lipinski definition) is 1. The number of nitrogens with one attached hydrogen (secondary N) is 1. The third-order valence-electron chi connectivity index (χ3n) is 9.65. The number of alkyl carbamates (subject to hydrolysis) is 1. The monoisotopic (exact) mass is 655 g/mol. The summed E-state index contributed by atoms with van der Waals surface area (Å²) in [7, 11) is -2.03. The number of ether oxygens (including phenoxy) is 1. The molecule has 47 heavy (non-hydrogen) atoms. The van der Waals surface area contributed by atoms with Gasteiger partial charge in [-0.1, -0.05) is 49.4 Å². The molecule has 1 aliphatic heterocycles. The number of hydrogen-bond acceptors (Lipinski definition) is 8. The number of nitriles is 1. The zero-order valence-electron chi connectivity index (χ0n) is 27.3. The van der Waals surface area contributed by atoms with Gasteiger partial charge in [-0.15, -0.1) is 0 Å². The lowest BCUT2D eigenvalue weighted by Gasteiger charge is -2.43. The number of benzene rings is 2. The molecule has 1 unspecified atom stereocenters. The van der Waals surface area contributed by atoms with Gasteiger partial charge in [0.15, 0.2) is 0 Å². The Hall–Kier alpha value is -4.20. The predicted octanol–water partition coefficient (Wildman–Crippen LogP) is 6.00. The van der Waals surface area contributed by atoms with Crippen molar-refractivity contribution in [3.63, 3.8) is 0 Å². The van der Waals surface area contributed by atoms with Crippen molar-refractivity contribution in [3.05, 3.63) is 96.8 Å². The molecule has 5 rings (SSSR count). The Labute approximate surface area is 279 Å². The molecule has 2 aromatic carbocycles. The lowest BCUT2D eigenvalue weighted by Crippen LogP contribution is -2.52. The minimum atomic E-state index is -3.58. The molecule has 3 aromatic rings. The van der Waals surface area contributed by atoms with Crippen LogP contribution < -0.4 is 10.2 Å². The molecule has 3 atom stereocenters. The first-order valence-electron chi connectivity index (χ1n) is 16.5. The Morgan fingerprint density at radius 2 is 1.74 bits per heavy atom. The van der Waals surface area contributed by atoms with Crippen molar-refractivity contribution in [2.24, 2.45) is 11.8 Å². The fraction of sp³-hybridized carbons (Fsp3) is 0.432. The molecule has 248 valence electrons. The van der Waals surface area contributed by atoms with Crippen LogP contribution >= 0.6 is 0 Å². The predicted molar refractivity (Wildman–Crippen MR) is 183 cm³/mol. The topological polar surface area (TPSA) is 116 Å². The number of nitrogens with zero attached hydrogens (tertiary/aromatic N) is 4. The molecule has 9 nitrogen and oxygen atoms in total. The molecular formula is C37H45N5O4S. The number of anilines is 1. The van der Waals surface area contributed by atoms with E-state index in [1.807, 2.05) is 42.5 Å². The summed E-state index contributed by atoms with van der Waals surface area (Å²) >= 11 is 0. The summed E-state index contributed by atoms with van der Waals surface area (Å²) in [6, 6.07) is 22.7. The molecule has 10 heteroatoms. The van der Waals surface area contributed by atoms with Crippen molar-refractivity contribution < 1.29 is 17.9 Å². The van der Waals surface area contributed by atoms with Gasteiger partial charge in [-0.25, -0.2) is 13.2 Å². The van der Waals surface area contributed by atoms with Crippen LogP contribution in [0.15, 0.2) is 101 Å². The quantitative estimate of drug-likeness (QED) is 0.211. The second-order valence-electron chi connectivity index (χ2n) is 12.6. The molecule has 0 bridgehead atoms. The van der Waals surface area contributed by atoms with Crippen molar-refractivity contribution in [3.8, 4) is 6.07 Å². The van der Waals surface area contributed by atoms with E-state index in [1.165, 1.54) is 24.5 Å². The van der Waals surface area contributed by atoms with E-state index < -0.39 is 21.3 Å². The van der Waals surface area contributed by atoms with Crippen molar-refractivity contribution >= 4 is 21.6 Å². The number of carbonyl (C=O) groups excluding carboxylic acids is 1. The highest BCUT2D eigenvalue weighted by atomic mass is 32.2. The van der Waals surface area contributed by atoms with Crippen LogP contribution in [0.3, 0.4) is 0 Å². The molecule has 0 spiro atoms. The Morgan fingerprint density at radius 1 is 1.06 bits per heavy atom. The van der Waals surface area contributed by atoms with E-state index in [-0.39, 0.29) is 21.8 Å². The third kappa shape index (κ3) is 7.37. The Bertz CT molecular complexity index is 1650. The summed E-state index contributed by atoms with van der Waals surface area (Å²) < 4.78 is 31.7. The molecule has 1 N–H and O–H groups in total. The summed E-state index contributed by atoms with van der Waals surface area (Å²) in [5.41, 5.74) is 1.82. The first-order valence-corrected chi connectivity index (χ1v) is 18.0. The number of aromatic nitrogens is 1. The van der Waals surface area contributed by atoms with Gasteiger partial charge in [-0.2, -0.15) is 5.26 Å². The summed E-state index contributed by atoms with van der Waals surface area (Å²) in [6.45, 7) is 11.2. The van der Waals surface area contributed by atoms with E-state index in [9.17, 15) is 18.5 Å². The van der Waals surface area contributed by atoms with Gasteiger partial charge >= 0.3 is 6.09 Å². The Kier molecular flexibility index (Phi) is 11.0. The summed E-state index contributed by atoms with van der Waals surface area (Å²) in [4.78, 5) is 21.4. The maximum absolute atomic E-state index is 13.0. The number of amides is 1. The SMILES string of the molecule is C=C(CCN(CCC)CC1CN(c2ccc(S(=O)(=O)c3ccncc3)cc2)C1)[C@@](C#N)(c1ccccc1)C1CCC[C@@H]1OC(=O)NC. The minimum absolute atomic E-state index is 0.175. The zero-order chi connectivity index (χ0) is 33.4. The van der Waals surface area contributed by atoms with E-state index in [0.29, 0.717) is 12.3 Å². The summed E-state index contributed by atoms with van der Waals surface area (Å²) in [5, 5.41) is 13.4. The highest BCUT2D eigenvalue weighted by Gasteiger charge is 2.50. The normalized spacial score (nSPS) is 19.4. The van der Waals surface area contributed by atoms with Crippen molar-refractivity contribution in [2.45, 2.75) is 60.3 Å². The number of carbonyl (C=O) groups is 1. The maximum Gasteiger partial charge on any atom is 0.407 e. The summed E-state index contributed by atoms with van der Waals surface area (Å²) in [5.74, 6) is 0.302. The molecule has 2 fully saturated rings. The van der Waals surface area contributed by atoms with Crippen LogP contribution in [0.1, 0.15) is 44.6 Å². The Balaban J connectivity index is 1.22. The molecule has 2 heterocycles. The van der Waals surface area contributed by atoms with Crippen LogP contribution in [0.25, 0.3) is 0 Å². The second kappa shape index (κ2) is 15.1. The molecule has 1 aromatic heterocycles. The van der Waals surface area contributed by atoms with Gasteiger partial charge in [0, 0.05) is 63.1 Å². The van der Waals surface area contributed by atoms with Gasteiger partial charge in [-0.05, 0) is 80.6 Å². The van der Waals surface area contributed by atoms with Gasteiger partial charge in [0.1, 0.15) is 11.5 Å². The van der Waals surface area contributed by atoms with Crippen molar-refractivity contribution in [2.75, 3.05) is 44.7 Å². The minimum Gasteiger partial charge on any atom is -0.446 e. The van der Waals surface area contributed by atoms with E-state index >= 15 is 0 Å². The molecular weight excluding hydrogens is 611 g/mol. The third-order valence-corrected chi connectivity index (χ3v) is 11.4. The van der Waals surface area contributed by atoms with E-state index in [4.69, 9.17) is 4.74 Å². The van der Waals surface area contributed by atoms with Gasteiger partial charge in [0.25, 0.3) is 0 Å². The van der Waals surface area contributed by atoms with Crippen molar-refractivity contribution in [1.82, 2.24) is 15.2 Å². The van der Waals surface area contributed by atoms with Crippen LogP contribution in [0.4, 0.5) is 10.5 Å². The average molecular weight is 656 g/mol. The van der Waals surface area contributed by atoms with E-state index in [0.717, 1.165) is 75.2 Å². The van der Waals surface area contributed by atoms with E-state index in [2.05, 4.69) is 39.7 Å². The lowest BCUT2D eigenvalue weighted by atomic mass is 9.64. The van der Waals surface area contributed by atoms with Gasteiger partial charge in [0.2, 0.25) is 9.84 Å². The fourth-order valence-corrected chi connectivity index (χ4v) is 8.47. The first-order chi connectivity index (χ1) is 22.7. The number of pyridine rings is 1. The number of sulfone groups is 1. The van der Waals surface area contributed by atoms with Crippen LogP contribution in [-0.4, -0.2) is 70.3 Å². The maximum atomic E-state index is 13.0. The van der Waals surface area contributed by atoms with Crippen LogP contribution in [-0.2, 0) is 20.0 Å². The zero-order valence-corrected chi connectivity index (χ0v) is 28.2. The highest BCUT2D eigenvalue weighted by molar-refractivity contribution is 7.91. The number of rotatable bonds is 14. The highest BCUT2D eigenvalue weighted by Crippen LogP contribution is 2.48. The standard InChI is InChI=1S/C37H45N5O4S/c1-4-22-41(24-29-25-42(26-29)31-13-15-32(16-14-31)47(44,45)33-17-20-40-21-18-33)23-19-28(2)37(27-38,30-9-6-5-7-10-30)34-11-8-12-35(34)46-36(43)39-3/h5-7,9-10,13-18,20-21,29,34-35H,2,4,8,11-12,19,22-26H2,1,3H3,(H,39,43)/t34?,35-,37-/m0/s1.